The van der Waals surface area contributed by atoms with E-state index in [4.69, 9.17) is 0 Å². The summed E-state index contributed by atoms with van der Waals surface area (Å²) in [5, 5.41) is 8.14. The Morgan fingerprint density at radius 3 is 2.65 bits per heavy atom. The van der Waals surface area contributed by atoms with E-state index in [2.05, 4.69) is 47.9 Å². The second-order valence-electron chi connectivity index (χ2n) is 6.55. The van der Waals surface area contributed by atoms with Crippen LogP contribution in [0.3, 0.4) is 0 Å². The van der Waals surface area contributed by atoms with Crippen molar-refractivity contribution in [2.24, 2.45) is 0 Å². The number of carbonyl (C=O) groups is 2. The molecule has 0 aliphatic carbocycles. The number of thiophene rings is 1. The summed E-state index contributed by atoms with van der Waals surface area (Å²) in [5.74, 6) is -0.191. The molecule has 3 amide bonds. The van der Waals surface area contributed by atoms with Crippen LogP contribution in [0.4, 0.5) is 4.79 Å². The van der Waals surface area contributed by atoms with Crippen molar-refractivity contribution in [1.29, 1.82) is 0 Å². The average Bonchev–Trinajstić information content (AvgIpc) is 3.31. The molecule has 6 heteroatoms. The van der Waals surface area contributed by atoms with Gasteiger partial charge >= 0.3 is 6.03 Å². The number of imide groups is 1. The highest BCUT2D eigenvalue weighted by molar-refractivity contribution is 7.10. The predicted octanol–water partition coefficient (Wildman–Crippen LogP) is 3.32. The summed E-state index contributed by atoms with van der Waals surface area (Å²) in [4.78, 5) is 26.8. The second-order valence-corrected chi connectivity index (χ2v) is 7.53. The topological polar surface area (TPSA) is 61.4 Å². The average molecular weight is 372 g/mol. The minimum atomic E-state index is -0.457. The maximum Gasteiger partial charge on any atom is 0.324 e. The highest BCUT2D eigenvalue weighted by atomic mass is 32.1. The van der Waals surface area contributed by atoms with Crippen molar-refractivity contribution >= 4 is 23.3 Å². The minimum absolute atomic E-state index is 0.0738. The van der Waals surface area contributed by atoms with Gasteiger partial charge in [-0.1, -0.05) is 43.7 Å². The lowest BCUT2D eigenvalue weighted by atomic mass is 10.0. The molecule has 0 spiro atoms. The number of benzene rings is 1. The van der Waals surface area contributed by atoms with Crippen LogP contribution in [0, 0.1) is 0 Å². The first-order valence-electron chi connectivity index (χ1n) is 9.07. The molecule has 2 heterocycles. The molecule has 1 aliphatic heterocycles. The van der Waals surface area contributed by atoms with Crippen LogP contribution in [0.1, 0.15) is 42.3 Å². The number of hydrogen-bond donors (Lipinski definition) is 2. The van der Waals surface area contributed by atoms with Gasteiger partial charge in [0.05, 0.1) is 12.1 Å². The molecule has 0 unspecified atom stereocenters. The molecule has 138 valence electrons. The summed E-state index contributed by atoms with van der Waals surface area (Å²) < 4.78 is 0. The summed E-state index contributed by atoms with van der Waals surface area (Å²) in [6.07, 6.45) is 2.19. The van der Waals surface area contributed by atoms with E-state index in [9.17, 15) is 9.59 Å². The van der Waals surface area contributed by atoms with E-state index in [0.717, 1.165) is 23.3 Å². The van der Waals surface area contributed by atoms with E-state index >= 15 is 0 Å². The summed E-state index contributed by atoms with van der Waals surface area (Å²) in [7, 11) is 0. The Bertz CT molecular complexity index is 743. The third kappa shape index (κ3) is 4.14. The summed E-state index contributed by atoms with van der Waals surface area (Å²) in [6.45, 7) is 4.94. The van der Waals surface area contributed by atoms with Gasteiger partial charge < -0.3 is 5.32 Å². The zero-order valence-electron chi connectivity index (χ0n) is 15.2. The number of hydrogen-bond acceptors (Lipinski definition) is 4. The van der Waals surface area contributed by atoms with Crippen LogP contribution in [0.2, 0.25) is 0 Å². The summed E-state index contributed by atoms with van der Waals surface area (Å²) in [5.41, 5.74) is 2.44. The van der Waals surface area contributed by atoms with E-state index < -0.39 is 6.04 Å². The summed E-state index contributed by atoms with van der Waals surface area (Å²) in [6, 6.07) is 11.8. The Kier molecular flexibility index (Phi) is 6.06. The zero-order chi connectivity index (χ0) is 18.5. The fourth-order valence-electron chi connectivity index (χ4n) is 3.20. The van der Waals surface area contributed by atoms with Crippen LogP contribution in [0.15, 0.2) is 41.8 Å². The fraction of sp³-hybridized carbons (Fsp3) is 0.400. The molecule has 3 rings (SSSR count). The maximum atomic E-state index is 12.6. The Hall–Kier alpha value is -2.18. The van der Waals surface area contributed by atoms with E-state index in [1.54, 1.807) is 11.3 Å². The maximum absolute atomic E-state index is 12.6. The monoisotopic (exact) mass is 371 g/mol. The van der Waals surface area contributed by atoms with Gasteiger partial charge in [0.25, 0.3) is 0 Å². The second kappa shape index (κ2) is 8.47. The predicted molar refractivity (Wildman–Crippen MR) is 104 cm³/mol. The number of carbonyl (C=O) groups excluding carboxylic acids is 2. The van der Waals surface area contributed by atoms with Crippen molar-refractivity contribution in [1.82, 2.24) is 15.5 Å². The van der Waals surface area contributed by atoms with Crippen LogP contribution in [0.5, 0.6) is 0 Å². The molecule has 1 saturated heterocycles. The molecule has 2 atom stereocenters. The SMILES string of the molecule is CCCc1ccc([C@@H](N[C@@H](C)C(=O)N2CCNC2=O)c2cccs2)cc1. The molecule has 0 saturated carbocycles. The lowest BCUT2D eigenvalue weighted by Gasteiger charge is -2.25. The zero-order valence-corrected chi connectivity index (χ0v) is 16.0. The van der Waals surface area contributed by atoms with Gasteiger partial charge in [-0.05, 0) is 35.9 Å². The molecule has 5 nitrogen and oxygen atoms in total. The lowest BCUT2D eigenvalue weighted by Crippen LogP contribution is -2.47. The van der Waals surface area contributed by atoms with Crippen LogP contribution in [-0.2, 0) is 11.2 Å². The summed E-state index contributed by atoms with van der Waals surface area (Å²) >= 11 is 1.66. The molecule has 26 heavy (non-hydrogen) atoms. The van der Waals surface area contributed by atoms with Gasteiger partial charge in [0, 0.05) is 18.0 Å². The first kappa shape index (κ1) is 18.6. The number of amides is 3. The van der Waals surface area contributed by atoms with Gasteiger partial charge in [0.15, 0.2) is 0 Å². The third-order valence-corrected chi connectivity index (χ3v) is 5.53. The van der Waals surface area contributed by atoms with Crippen molar-refractivity contribution in [2.45, 2.75) is 38.8 Å². The molecule has 0 bridgehead atoms. The molecule has 2 aromatic rings. The molecule has 0 radical (unpaired) electrons. The van der Waals surface area contributed by atoms with Crippen molar-refractivity contribution in [2.75, 3.05) is 13.1 Å². The third-order valence-electron chi connectivity index (χ3n) is 4.59. The number of aryl methyl sites for hydroxylation is 1. The normalized spacial score (nSPS) is 16.4. The Morgan fingerprint density at radius 2 is 2.08 bits per heavy atom. The molecule has 2 N–H and O–H groups in total. The first-order chi connectivity index (χ1) is 12.6. The smallest absolute Gasteiger partial charge is 0.324 e. The van der Waals surface area contributed by atoms with Gasteiger partial charge in [-0.25, -0.2) is 4.79 Å². The fourth-order valence-corrected chi connectivity index (χ4v) is 4.01. The molecular formula is C20H25N3O2S. The molecule has 1 aromatic carbocycles. The Balaban J connectivity index is 1.78. The van der Waals surface area contributed by atoms with Crippen molar-refractivity contribution in [3.05, 3.63) is 57.8 Å². The van der Waals surface area contributed by atoms with Crippen LogP contribution < -0.4 is 10.6 Å². The Labute approximate surface area is 158 Å². The molecular weight excluding hydrogens is 346 g/mol. The van der Waals surface area contributed by atoms with Crippen LogP contribution in [-0.4, -0.2) is 36.0 Å². The molecule has 1 aromatic heterocycles. The van der Waals surface area contributed by atoms with Gasteiger partial charge in [-0.3, -0.25) is 15.0 Å². The van der Waals surface area contributed by atoms with Gasteiger partial charge in [0.1, 0.15) is 0 Å². The van der Waals surface area contributed by atoms with Crippen molar-refractivity contribution in [3.63, 3.8) is 0 Å². The highest BCUT2D eigenvalue weighted by Gasteiger charge is 2.31. The Morgan fingerprint density at radius 1 is 1.31 bits per heavy atom. The number of nitrogens with one attached hydrogen (secondary N) is 2. The highest BCUT2D eigenvalue weighted by Crippen LogP contribution is 2.27. The standard InChI is InChI=1S/C20H25N3O2S/c1-3-5-15-7-9-16(10-8-15)18(17-6-4-13-26-17)22-14(2)19(24)23-12-11-21-20(23)25/h4,6-10,13-14,18,22H,3,5,11-12H2,1-2H3,(H,21,25)/t14-,18+/m0/s1. The van der Waals surface area contributed by atoms with Crippen LogP contribution >= 0.6 is 11.3 Å². The van der Waals surface area contributed by atoms with Crippen molar-refractivity contribution < 1.29 is 9.59 Å². The number of rotatable bonds is 7. The van der Waals surface area contributed by atoms with Crippen LogP contribution in [0.25, 0.3) is 0 Å². The van der Waals surface area contributed by atoms with Gasteiger partial charge in [-0.15, -0.1) is 11.3 Å². The quantitative estimate of drug-likeness (QED) is 0.785. The lowest BCUT2D eigenvalue weighted by molar-refractivity contribution is -0.129. The minimum Gasteiger partial charge on any atom is -0.336 e. The number of nitrogens with zero attached hydrogens (tertiary/aromatic N) is 1. The first-order valence-corrected chi connectivity index (χ1v) is 9.95. The number of urea groups is 1. The van der Waals surface area contributed by atoms with Gasteiger partial charge in [-0.2, -0.15) is 0 Å². The van der Waals surface area contributed by atoms with E-state index in [0.29, 0.717) is 13.1 Å². The largest absolute Gasteiger partial charge is 0.336 e. The molecule has 1 aliphatic rings. The van der Waals surface area contributed by atoms with E-state index in [-0.39, 0.29) is 18.0 Å². The van der Waals surface area contributed by atoms with Gasteiger partial charge in [0.2, 0.25) is 5.91 Å². The van der Waals surface area contributed by atoms with E-state index in [1.165, 1.54) is 10.5 Å². The van der Waals surface area contributed by atoms with E-state index in [1.807, 2.05) is 18.4 Å². The molecule has 1 fully saturated rings. The van der Waals surface area contributed by atoms with Crippen molar-refractivity contribution in [3.8, 4) is 0 Å².